The van der Waals surface area contributed by atoms with Gasteiger partial charge < -0.3 is 4.57 Å². The summed E-state index contributed by atoms with van der Waals surface area (Å²) in [6, 6.07) is 0. The SMILES string of the molecule is Cn1ccnc1CC(=O)c1cncnc1. The monoisotopic (exact) mass is 202 g/mol. The highest BCUT2D eigenvalue weighted by Gasteiger charge is 2.09. The largest absolute Gasteiger partial charge is 0.338 e. The highest BCUT2D eigenvalue weighted by atomic mass is 16.1. The van der Waals surface area contributed by atoms with E-state index >= 15 is 0 Å². The van der Waals surface area contributed by atoms with Crippen molar-refractivity contribution in [1.29, 1.82) is 0 Å². The standard InChI is InChI=1S/C10H10N4O/c1-14-3-2-13-10(14)4-9(15)8-5-11-7-12-6-8/h2-3,5-7H,4H2,1H3. The first-order valence-corrected chi connectivity index (χ1v) is 4.52. The van der Waals surface area contributed by atoms with Crippen LogP contribution in [0.25, 0.3) is 0 Å². The fraction of sp³-hybridized carbons (Fsp3) is 0.200. The predicted octanol–water partition coefficient (Wildman–Crippen LogP) is 0.636. The minimum atomic E-state index is -0.0232. The summed E-state index contributed by atoms with van der Waals surface area (Å²) >= 11 is 0. The van der Waals surface area contributed by atoms with Gasteiger partial charge in [0.05, 0.1) is 12.0 Å². The number of Topliss-reactive ketones (excluding diaryl/α,β-unsaturated/α-hetero) is 1. The Morgan fingerprint density at radius 2 is 2.13 bits per heavy atom. The van der Waals surface area contributed by atoms with Crippen LogP contribution in [0, 0.1) is 0 Å². The Hall–Kier alpha value is -2.04. The molecule has 2 heterocycles. The van der Waals surface area contributed by atoms with Crippen molar-refractivity contribution in [1.82, 2.24) is 19.5 Å². The van der Waals surface area contributed by atoms with Crippen molar-refractivity contribution >= 4 is 5.78 Å². The fourth-order valence-corrected chi connectivity index (χ4v) is 1.26. The Balaban J connectivity index is 2.15. The van der Waals surface area contributed by atoms with E-state index in [0.29, 0.717) is 5.56 Å². The number of ketones is 1. The zero-order valence-corrected chi connectivity index (χ0v) is 8.29. The lowest BCUT2D eigenvalue weighted by Crippen LogP contribution is -2.08. The molecule has 0 unspecified atom stereocenters. The smallest absolute Gasteiger partial charge is 0.173 e. The quantitative estimate of drug-likeness (QED) is 0.685. The van der Waals surface area contributed by atoms with Crippen molar-refractivity contribution in [2.24, 2.45) is 7.05 Å². The highest BCUT2D eigenvalue weighted by Crippen LogP contribution is 2.02. The topological polar surface area (TPSA) is 60.7 Å². The minimum absolute atomic E-state index is 0.0232. The zero-order valence-electron chi connectivity index (χ0n) is 8.29. The maximum absolute atomic E-state index is 11.7. The molecule has 0 spiro atoms. The molecule has 5 nitrogen and oxygen atoms in total. The van der Waals surface area contributed by atoms with Crippen LogP contribution in [0.1, 0.15) is 16.2 Å². The van der Waals surface area contributed by atoms with Gasteiger partial charge in [0.25, 0.3) is 0 Å². The molecule has 0 N–H and O–H groups in total. The van der Waals surface area contributed by atoms with Gasteiger partial charge in [-0.2, -0.15) is 0 Å². The molecule has 0 saturated carbocycles. The Morgan fingerprint density at radius 1 is 1.40 bits per heavy atom. The number of carbonyl (C=O) groups excluding carboxylic acids is 1. The lowest BCUT2D eigenvalue weighted by molar-refractivity contribution is 0.0989. The third-order valence-electron chi connectivity index (χ3n) is 2.12. The van der Waals surface area contributed by atoms with Crippen molar-refractivity contribution < 1.29 is 4.79 Å². The molecule has 0 radical (unpaired) electrons. The van der Waals surface area contributed by atoms with Gasteiger partial charge in [-0.05, 0) is 0 Å². The molecule has 0 amide bonds. The van der Waals surface area contributed by atoms with Crippen LogP contribution in [0.2, 0.25) is 0 Å². The molecular weight excluding hydrogens is 192 g/mol. The zero-order chi connectivity index (χ0) is 10.7. The molecule has 0 aliphatic rings. The first-order valence-electron chi connectivity index (χ1n) is 4.52. The first-order chi connectivity index (χ1) is 7.27. The number of nitrogens with zero attached hydrogens (tertiary/aromatic N) is 4. The molecule has 0 aliphatic heterocycles. The summed E-state index contributed by atoms with van der Waals surface area (Å²) in [6.07, 6.45) is 8.18. The Morgan fingerprint density at radius 3 is 2.73 bits per heavy atom. The van der Waals surface area contributed by atoms with Crippen LogP contribution >= 0.6 is 0 Å². The number of rotatable bonds is 3. The van der Waals surface area contributed by atoms with E-state index in [1.165, 1.54) is 18.7 Å². The Bertz CT molecular complexity index is 463. The van der Waals surface area contributed by atoms with E-state index in [1.807, 2.05) is 17.8 Å². The van der Waals surface area contributed by atoms with Gasteiger partial charge in [0.2, 0.25) is 0 Å². The van der Waals surface area contributed by atoms with Gasteiger partial charge in [0.1, 0.15) is 12.2 Å². The van der Waals surface area contributed by atoms with Crippen molar-refractivity contribution in [3.8, 4) is 0 Å². The van der Waals surface area contributed by atoms with E-state index in [9.17, 15) is 4.79 Å². The second-order valence-corrected chi connectivity index (χ2v) is 3.18. The Labute approximate surface area is 86.8 Å². The Kier molecular flexibility index (Phi) is 2.53. The number of carbonyl (C=O) groups is 1. The van der Waals surface area contributed by atoms with E-state index in [1.54, 1.807) is 6.20 Å². The van der Waals surface area contributed by atoms with Crippen LogP contribution < -0.4 is 0 Å². The van der Waals surface area contributed by atoms with E-state index in [4.69, 9.17) is 0 Å². The fourth-order valence-electron chi connectivity index (χ4n) is 1.26. The summed E-state index contributed by atoms with van der Waals surface area (Å²) in [6.45, 7) is 0. The molecule has 0 bridgehead atoms. The number of aromatic nitrogens is 4. The van der Waals surface area contributed by atoms with Gasteiger partial charge in [-0.1, -0.05) is 0 Å². The molecule has 0 aliphatic carbocycles. The summed E-state index contributed by atoms with van der Waals surface area (Å²) in [5, 5.41) is 0. The molecule has 2 aromatic rings. The molecule has 0 saturated heterocycles. The second-order valence-electron chi connectivity index (χ2n) is 3.18. The molecule has 0 aromatic carbocycles. The van der Waals surface area contributed by atoms with Gasteiger partial charge in [-0.25, -0.2) is 15.0 Å². The molecule has 0 fully saturated rings. The normalized spacial score (nSPS) is 10.2. The maximum Gasteiger partial charge on any atom is 0.173 e. The van der Waals surface area contributed by atoms with Gasteiger partial charge in [-0.3, -0.25) is 4.79 Å². The summed E-state index contributed by atoms with van der Waals surface area (Å²) < 4.78 is 1.82. The number of aryl methyl sites for hydroxylation is 1. The van der Waals surface area contributed by atoms with E-state index in [2.05, 4.69) is 15.0 Å². The summed E-state index contributed by atoms with van der Waals surface area (Å²) in [5.41, 5.74) is 0.514. The van der Waals surface area contributed by atoms with Crippen molar-refractivity contribution in [3.05, 3.63) is 42.5 Å². The van der Waals surface area contributed by atoms with Crippen molar-refractivity contribution in [2.75, 3.05) is 0 Å². The molecule has 15 heavy (non-hydrogen) atoms. The van der Waals surface area contributed by atoms with Crippen LogP contribution in [-0.4, -0.2) is 25.3 Å². The molecule has 5 heteroatoms. The van der Waals surface area contributed by atoms with Gasteiger partial charge in [0.15, 0.2) is 5.78 Å². The molecule has 0 atom stereocenters. The number of imidazole rings is 1. The summed E-state index contributed by atoms with van der Waals surface area (Å²) in [7, 11) is 1.86. The van der Waals surface area contributed by atoms with Crippen LogP contribution in [0.15, 0.2) is 31.1 Å². The lowest BCUT2D eigenvalue weighted by atomic mass is 10.1. The van der Waals surface area contributed by atoms with E-state index in [0.717, 1.165) is 5.82 Å². The van der Waals surface area contributed by atoms with Crippen LogP contribution in [0.4, 0.5) is 0 Å². The summed E-state index contributed by atoms with van der Waals surface area (Å²) in [5.74, 6) is 0.716. The van der Waals surface area contributed by atoms with Crippen molar-refractivity contribution in [2.45, 2.75) is 6.42 Å². The van der Waals surface area contributed by atoms with Gasteiger partial charge >= 0.3 is 0 Å². The minimum Gasteiger partial charge on any atom is -0.338 e. The predicted molar refractivity (Wildman–Crippen MR) is 53.3 cm³/mol. The van der Waals surface area contributed by atoms with Gasteiger partial charge in [-0.15, -0.1) is 0 Å². The third-order valence-corrected chi connectivity index (χ3v) is 2.12. The van der Waals surface area contributed by atoms with Crippen LogP contribution in [0.5, 0.6) is 0 Å². The highest BCUT2D eigenvalue weighted by molar-refractivity contribution is 5.96. The number of hydrogen-bond acceptors (Lipinski definition) is 4. The first kappa shape index (κ1) is 9.51. The second kappa shape index (κ2) is 4.00. The summed E-state index contributed by atoms with van der Waals surface area (Å²) in [4.78, 5) is 23.4. The third kappa shape index (κ3) is 2.07. The van der Waals surface area contributed by atoms with Gasteiger partial charge in [0, 0.05) is 31.8 Å². The van der Waals surface area contributed by atoms with Crippen LogP contribution in [0.3, 0.4) is 0 Å². The molecule has 76 valence electrons. The van der Waals surface area contributed by atoms with Crippen LogP contribution in [-0.2, 0) is 13.5 Å². The average molecular weight is 202 g/mol. The van der Waals surface area contributed by atoms with Crippen molar-refractivity contribution in [3.63, 3.8) is 0 Å². The maximum atomic E-state index is 11.7. The average Bonchev–Trinajstić information content (AvgIpc) is 2.66. The lowest BCUT2D eigenvalue weighted by Gasteiger charge is -2.00. The number of hydrogen-bond donors (Lipinski definition) is 0. The van der Waals surface area contributed by atoms with E-state index in [-0.39, 0.29) is 12.2 Å². The molecular formula is C10H10N4O. The molecule has 2 rings (SSSR count). The molecule has 2 aromatic heterocycles. The van der Waals surface area contributed by atoms with E-state index < -0.39 is 0 Å².